The lowest BCUT2D eigenvalue weighted by atomic mass is 10.1. The number of nitrogens with one attached hydrogen (secondary N) is 2. The second kappa shape index (κ2) is 8.53. The number of ether oxygens (including phenoxy) is 1. The lowest BCUT2D eigenvalue weighted by molar-refractivity contribution is 0.387. The molecule has 1 aliphatic heterocycles. The number of halogens is 1. The summed E-state index contributed by atoms with van der Waals surface area (Å²) < 4.78 is 31.8. The van der Waals surface area contributed by atoms with Crippen LogP contribution in [0.5, 0.6) is 5.75 Å². The first-order valence-corrected chi connectivity index (χ1v) is 10.5. The Morgan fingerprint density at radius 1 is 1.32 bits per heavy atom. The molecule has 160 valence electrons. The van der Waals surface area contributed by atoms with E-state index in [1.54, 1.807) is 42.9 Å². The first kappa shape index (κ1) is 19.8. The van der Waals surface area contributed by atoms with E-state index in [2.05, 4.69) is 29.3 Å². The molecule has 31 heavy (non-hydrogen) atoms. The van der Waals surface area contributed by atoms with Gasteiger partial charge in [-0.25, -0.2) is 23.4 Å². The first-order valence-electron chi connectivity index (χ1n) is 9.74. The molecule has 9 nitrogen and oxygen atoms in total. The van der Waals surface area contributed by atoms with Crippen molar-refractivity contribution in [3.05, 3.63) is 48.7 Å². The molecule has 1 saturated heterocycles. The fourth-order valence-electron chi connectivity index (χ4n) is 3.42. The summed E-state index contributed by atoms with van der Waals surface area (Å²) in [6, 6.07) is 6.44. The van der Waals surface area contributed by atoms with Gasteiger partial charge in [-0.2, -0.15) is 4.98 Å². The second-order valence-corrected chi connectivity index (χ2v) is 7.81. The predicted octanol–water partition coefficient (Wildman–Crippen LogP) is 3.08. The maximum absolute atomic E-state index is 13.9. The minimum absolute atomic E-state index is 0.146. The molecule has 0 amide bonds. The number of hydrogen-bond acceptors (Lipinski definition) is 9. The van der Waals surface area contributed by atoms with Gasteiger partial charge in [-0.15, -0.1) is 0 Å². The molecule has 0 atom stereocenters. The lowest BCUT2D eigenvalue weighted by Crippen LogP contribution is -2.22. The molecular weight excluding hydrogens is 421 g/mol. The van der Waals surface area contributed by atoms with E-state index in [0.717, 1.165) is 25.3 Å². The van der Waals surface area contributed by atoms with Gasteiger partial charge in [0.1, 0.15) is 17.7 Å². The Hall–Kier alpha value is -3.15. The Morgan fingerprint density at radius 2 is 2.26 bits per heavy atom. The largest absolute Gasteiger partial charge is 0.494 e. The highest BCUT2D eigenvalue weighted by Crippen LogP contribution is 2.34. The number of rotatable bonds is 7. The van der Waals surface area contributed by atoms with Gasteiger partial charge >= 0.3 is 5.84 Å². The van der Waals surface area contributed by atoms with Gasteiger partial charge in [0.25, 0.3) is 0 Å². The zero-order chi connectivity index (χ0) is 21.2. The summed E-state index contributed by atoms with van der Waals surface area (Å²) in [5.74, 6) is 0.652. The highest BCUT2D eigenvalue weighted by Gasteiger charge is 2.20. The van der Waals surface area contributed by atoms with Crippen molar-refractivity contribution < 1.29 is 13.5 Å². The number of benzene rings is 1. The minimum Gasteiger partial charge on any atom is -0.494 e. The van der Waals surface area contributed by atoms with Crippen LogP contribution in [0.3, 0.4) is 0 Å². The van der Waals surface area contributed by atoms with E-state index in [4.69, 9.17) is 9.15 Å². The quantitative estimate of drug-likeness (QED) is 0.420. The zero-order valence-corrected chi connectivity index (χ0v) is 17.5. The van der Waals surface area contributed by atoms with Gasteiger partial charge in [0.2, 0.25) is 5.95 Å². The fourth-order valence-corrected chi connectivity index (χ4v) is 4.15. The van der Waals surface area contributed by atoms with Crippen LogP contribution in [0.4, 0.5) is 10.3 Å². The Balaban J connectivity index is 1.48. The zero-order valence-electron chi connectivity index (χ0n) is 16.7. The van der Waals surface area contributed by atoms with Crippen molar-refractivity contribution in [1.29, 1.82) is 0 Å². The molecule has 1 aromatic carbocycles. The van der Waals surface area contributed by atoms with Gasteiger partial charge < -0.3 is 14.5 Å². The number of nitrogens with zero attached hydrogens (tertiary/aromatic N) is 5. The normalized spacial score (nSPS) is 14.4. The number of fused-ring (bicyclic) bond motifs is 1. The molecule has 11 heteroatoms. The van der Waals surface area contributed by atoms with E-state index in [1.807, 2.05) is 10.5 Å². The first-order chi connectivity index (χ1) is 15.2. The molecule has 0 spiro atoms. The van der Waals surface area contributed by atoms with Crippen molar-refractivity contribution in [2.45, 2.75) is 0 Å². The van der Waals surface area contributed by atoms with E-state index >= 15 is 0 Å². The summed E-state index contributed by atoms with van der Waals surface area (Å²) in [7, 11) is 1.43. The summed E-state index contributed by atoms with van der Waals surface area (Å²) in [6.45, 7) is 3.57. The van der Waals surface area contributed by atoms with Crippen molar-refractivity contribution in [2.24, 2.45) is 0 Å². The van der Waals surface area contributed by atoms with E-state index in [9.17, 15) is 4.39 Å². The number of methoxy groups -OCH3 is 1. The summed E-state index contributed by atoms with van der Waals surface area (Å²) in [6.07, 6.45) is 5.03. The van der Waals surface area contributed by atoms with E-state index in [1.165, 1.54) is 13.2 Å². The molecule has 0 radical (unpaired) electrons. The smallest absolute Gasteiger partial charge is 0.306 e. The average molecular weight is 441 g/mol. The van der Waals surface area contributed by atoms with E-state index in [0.29, 0.717) is 35.3 Å². The maximum Gasteiger partial charge on any atom is 0.306 e. The molecule has 1 fully saturated rings. The summed E-state index contributed by atoms with van der Waals surface area (Å²) >= 11 is 1.63. The predicted molar refractivity (Wildman–Crippen MR) is 116 cm³/mol. The third-order valence-electron chi connectivity index (χ3n) is 4.89. The Morgan fingerprint density at radius 3 is 3.10 bits per heavy atom. The van der Waals surface area contributed by atoms with Gasteiger partial charge in [-0.1, -0.05) is 0 Å². The molecule has 4 aromatic rings. The van der Waals surface area contributed by atoms with Crippen molar-refractivity contribution in [2.75, 3.05) is 38.6 Å². The summed E-state index contributed by atoms with van der Waals surface area (Å²) in [5.41, 5.74) is 2.70. The molecule has 0 bridgehead atoms. The van der Waals surface area contributed by atoms with E-state index in [-0.39, 0.29) is 5.75 Å². The number of aromatic nitrogens is 4. The number of anilines is 1. The standard InChI is InChI=1S/C20H20FN7O2S/c1-29-16-12-13(2-3-14(16)21)17-18(28-10-11-30-20(28)26-17)15-4-5-22-19(25-15)23-6-8-27-9-7-24-31-27/h2-5,10-12,24H,6-9H2,1H3,(H,22,23,25). The Labute approximate surface area is 181 Å². The van der Waals surface area contributed by atoms with Crippen LogP contribution in [0.15, 0.2) is 47.3 Å². The molecule has 4 heterocycles. The van der Waals surface area contributed by atoms with Crippen LogP contribution in [0.1, 0.15) is 0 Å². The van der Waals surface area contributed by atoms with Crippen LogP contribution in [-0.4, -0.2) is 56.9 Å². The van der Waals surface area contributed by atoms with E-state index < -0.39 is 5.82 Å². The average Bonchev–Trinajstić information content (AvgIpc) is 3.52. The molecule has 3 aromatic heterocycles. The van der Waals surface area contributed by atoms with Crippen molar-refractivity contribution in [3.8, 4) is 28.4 Å². The molecular formula is C20H20FN7O2S. The van der Waals surface area contributed by atoms with Crippen LogP contribution >= 0.6 is 12.1 Å². The van der Waals surface area contributed by atoms with Gasteiger partial charge in [-0.05, 0) is 24.3 Å². The molecule has 2 N–H and O–H groups in total. The number of hydrogen-bond donors (Lipinski definition) is 2. The maximum atomic E-state index is 13.9. The molecule has 5 rings (SSSR count). The molecule has 0 aliphatic carbocycles. The van der Waals surface area contributed by atoms with Gasteiger partial charge in [-0.3, -0.25) is 4.40 Å². The number of oxazole rings is 1. The monoisotopic (exact) mass is 441 g/mol. The summed E-state index contributed by atoms with van der Waals surface area (Å²) in [5, 5.41) is 3.27. The highest BCUT2D eigenvalue weighted by atomic mass is 32.2. The van der Waals surface area contributed by atoms with Crippen LogP contribution in [0.25, 0.3) is 28.5 Å². The SMILES string of the molecule is COc1cc(-c2nc3occn3c2-c2ccnc(NCCN3CCNS3)n2)ccc1F. The summed E-state index contributed by atoms with van der Waals surface area (Å²) in [4.78, 5) is 13.6. The van der Waals surface area contributed by atoms with Crippen LogP contribution in [0, 0.1) is 5.82 Å². The van der Waals surface area contributed by atoms with Gasteiger partial charge in [0.15, 0.2) is 11.6 Å². The molecule has 0 unspecified atom stereocenters. The molecule has 1 aliphatic rings. The highest BCUT2D eigenvalue weighted by molar-refractivity contribution is 7.95. The van der Waals surface area contributed by atoms with Gasteiger partial charge in [0, 0.05) is 56.3 Å². The third kappa shape index (κ3) is 3.94. The van der Waals surface area contributed by atoms with Gasteiger partial charge in [0.05, 0.1) is 12.8 Å². The number of imidazole rings is 1. The minimum atomic E-state index is -0.435. The van der Waals surface area contributed by atoms with Crippen LogP contribution in [0.2, 0.25) is 0 Å². The van der Waals surface area contributed by atoms with Crippen LogP contribution in [-0.2, 0) is 0 Å². The Bertz CT molecular complexity index is 1210. The topological polar surface area (TPSA) is 92.8 Å². The third-order valence-corrected chi connectivity index (χ3v) is 5.84. The van der Waals surface area contributed by atoms with Crippen LogP contribution < -0.4 is 14.8 Å². The molecule has 0 saturated carbocycles. The lowest BCUT2D eigenvalue weighted by Gasteiger charge is -2.12. The Kier molecular flexibility index (Phi) is 5.45. The fraction of sp³-hybridized carbons (Fsp3) is 0.250. The second-order valence-electron chi connectivity index (χ2n) is 6.82. The van der Waals surface area contributed by atoms with Crippen molar-refractivity contribution >= 4 is 23.9 Å². The van der Waals surface area contributed by atoms with Crippen molar-refractivity contribution in [1.82, 2.24) is 28.4 Å². The van der Waals surface area contributed by atoms with Crippen molar-refractivity contribution in [3.63, 3.8) is 0 Å².